The van der Waals surface area contributed by atoms with E-state index in [9.17, 15) is 0 Å². The summed E-state index contributed by atoms with van der Waals surface area (Å²) in [5.41, 5.74) is 2.18. The number of furan rings is 1. The van der Waals surface area contributed by atoms with Crippen LogP contribution in [0.3, 0.4) is 0 Å². The molecule has 0 fully saturated rings. The molecular weight excluding hydrogens is 226 g/mol. The molecule has 2 aromatic heterocycles. The molecule has 1 atom stereocenters. The van der Waals surface area contributed by atoms with Crippen LogP contribution in [0.25, 0.3) is 0 Å². The van der Waals surface area contributed by atoms with E-state index < -0.39 is 0 Å². The van der Waals surface area contributed by atoms with Gasteiger partial charge in [-0.1, -0.05) is 0 Å². The van der Waals surface area contributed by atoms with Gasteiger partial charge in [-0.15, -0.1) is 0 Å². The fourth-order valence-electron chi connectivity index (χ4n) is 1.94. The lowest BCUT2D eigenvalue weighted by Gasteiger charge is -2.20. The highest BCUT2D eigenvalue weighted by Crippen LogP contribution is 2.23. The Morgan fingerprint density at radius 1 is 1.39 bits per heavy atom. The van der Waals surface area contributed by atoms with Crippen LogP contribution in [0.4, 0.5) is 11.4 Å². The van der Waals surface area contributed by atoms with Crippen molar-refractivity contribution in [3.05, 3.63) is 42.6 Å². The van der Waals surface area contributed by atoms with Crippen molar-refractivity contribution in [2.24, 2.45) is 0 Å². The van der Waals surface area contributed by atoms with Gasteiger partial charge in [-0.3, -0.25) is 4.98 Å². The molecule has 0 aromatic carbocycles. The normalized spacial score (nSPS) is 12.2. The third-order valence-corrected chi connectivity index (χ3v) is 2.77. The minimum Gasteiger partial charge on any atom is -0.469 e. The molecular formula is C14H19N3O. The van der Waals surface area contributed by atoms with Gasteiger partial charge in [0.15, 0.2) is 0 Å². The molecule has 4 heteroatoms. The van der Waals surface area contributed by atoms with Gasteiger partial charge in [-0.05, 0) is 25.1 Å². The summed E-state index contributed by atoms with van der Waals surface area (Å²) in [6, 6.07) is 6.20. The Morgan fingerprint density at radius 2 is 2.22 bits per heavy atom. The summed E-state index contributed by atoms with van der Waals surface area (Å²) in [7, 11) is 4.05. The Morgan fingerprint density at radius 3 is 2.89 bits per heavy atom. The van der Waals surface area contributed by atoms with Crippen molar-refractivity contribution in [2.75, 3.05) is 24.3 Å². The van der Waals surface area contributed by atoms with E-state index in [1.807, 2.05) is 38.5 Å². The molecule has 2 aromatic rings. The van der Waals surface area contributed by atoms with Crippen LogP contribution in [0.2, 0.25) is 0 Å². The number of pyridine rings is 1. The number of nitrogens with one attached hydrogen (secondary N) is 1. The van der Waals surface area contributed by atoms with Gasteiger partial charge < -0.3 is 14.6 Å². The highest BCUT2D eigenvalue weighted by molar-refractivity contribution is 5.68. The molecule has 0 saturated heterocycles. The maximum atomic E-state index is 5.35. The molecule has 0 aliphatic rings. The molecule has 1 N–H and O–H groups in total. The fourth-order valence-corrected chi connectivity index (χ4v) is 1.94. The van der Waals surface area contributed by atoms with Crippen LogP contribution in [-0.4, -0.2) is 25.1 Å². The van der Waals surface area contributed by atoms with Crippen LogP contribution >= 0.6 is 0 Å². The molecule has 0 bridgehead atoms. The molecule has 4 nitrogen and oxygen atoms in total. The first-order valence-corrected chi connectivity index (χ1v) is 6.07. The number of hydrogen-bond acceptors (Lipinski definition) is 4. The predicted octanol–water partition coefficient (Wildman–Crippen LogP) is 2.78. The van der Waals surface area contributed by atoms with Crippen LogP contribution in [0.1, 0.15) is 12.7 Å². The fraction of sp³-hybridized carbons (Fsp3) is 0.357. The van der Waals surface area contributed by atoms with Gasteiger partial charge in [-0.25, -0.2) is 0 Å². The van der Waals surface area contributed by atoms with Crippen molar-refractivity contribution in [2.45, 2.75) is 19.4 Å². The van der Waals surface area contributed by atoms with E-state index in [0.717, 1.165) is 23.6 Å². The molecule has 0 saturated carbocycles. The van der Waals surface area contributed by atoms with Crippen LogP contribution < -0.4 is 10.2 Å². The second-order valence-electron chi connectivity index (χ2n) is 4.62. The van der Waals surface area contributed by atoms with Gasteiger partial charge >= 0.3 is 0 Å². The Bertz CT molecular complexity index is 480. The van der Waals surface area contributed by atoms with Crippen molar-refractivity contribution < 1.29 is 4.42 Å². The van der Waals surface area contributed by atoms with Crippen molar-refractivity contribution in [1.29, 1.82) is 0 Å². The summed E-state index contributed by atoms with van der Waals surface area (Å²) in [6.45, 7) is 2.13. The van der Waals surface area contributed by atoms with E-state index in [1.165, 1.54) is 0 Å². The number of nitrogens with zero attached hydrogens (tertiary/aromatic N) is 2. The lowest BCUT2D eigenvalue weighted by molar-refractivity contribution is 0.498. The van der Waals surface area contributed by atoms with Crippen LogP contribution in [-0.2, 0) is 6.42 Å². The minimum absolute atomic E-state index is 0.291. The maximum Gasteiger partial charge on any atom is 0.105 e. The van der Waals surface area contributed by atoms with E-state index >= 15 is 0 Å². The first-order valence-electron chi connectivity index (χ1n) is 6.07. The van der Waals surface area contributed by atoms with Crippen LogP contribution in [0.5, 0.6) is 0 Å². The van der Waals surface area contributed by atoms with Crippen LogP contribution in [0, 0.1) is 0 Å². The summed E-state index contributed by atoms with van der Waals surface area (Å²) in [4.78, 5) is 6.24. The minimum atomic E-state index is 0.291. The van der Waals surface area contributed by atoms with E-state index in [2.05, 4.69) is 22.1 Å². The largest absolute Gasteiger partial charge is 0.469 e. The zero-order valence-electron chi connectivity index (χ0n) is 11.1. The van der Waals surface area contributed by atoms with Crippen molar-refractivity contribution in [1.82, 2.24) is 4.98 Å². The van der Waals surface area contributed by atoms with E-state index in [0.29, 0.717) is 6.04 Å². The van der Waals surface area contributed by atoms with Gasteiger partial charge in [0.2, 0.25) is 0 Å². The molecule has 0 amide bonds. The van der Waals surface area contributed by atoms with Gasteiger partial charge in [0.1, 0.15) is 5.76 Å². The molecule has 0 aliphatic heterocycles. The van der Waals surface area contributed by atoms with Crippen molar-refractivity contribution in [3.8, 4) is 0 Å². The molecule has 96 valence electrons. The standard InChI is InChI=1S/C14H19N3O/c1-11(9-12-5-4-8-18-12)16-13-10-15-7-6-14(13)17(2)3/h4-8,10-11,16H,9H2,1-3H3. The number of rotatable bonds is 5. The predicted molar refractivity (Wildman–Crippen MR) is 74.1 cm³/mol. The Hall–Kier alpha value is -1.97. The molecule has 2 rings (SSSR count). The van der Waals surface area contributed by atoms with Crippen LogP contribution in [0.15, 0.2) is 41.3 Å². The molecule has 0 radical (unpaired) electrons. The summed E-state index contributed by atoms with van der Waals surface area (Å²) in [5.74, 6) is 0.991. The molecule has 0 aliphatic carbocycles. The van der Waals surface area contributed by atoms with E-state index in [1.54, 1.807) is 12.5 Å². The first kappa shape index (κ1) is 12.5. The topological polar surface area (TPSA) is 41.3 Å². The number of aromatic nitrogens is 1. The average Bonchev–Trinajstić information content (AvgIpc) is 2.82. The molecule has 0 spiro atoms. The van der Waals surface area contributed by atoms with E-state index in [-0.39, 0.29) is 0 Å². The lowest BCUT2D eigenvalue weighted by atomic mass is 10.2. The van der Waals surface area contributed by atoms with Gasteiger partial charge in [0.25, 0.3) is 0 Å². The second-order valence-corrected chi connectivity index (χ2v) is 4.62. The van der Waals surface area contributed by atoms with Gasteiger partial charge in [0, 0.05) is 32.8 Å². The van der Waals surface area contributed by atoms with E-state index in [4.69, 9.17) is 4.42 Å². The zero-order chi connectivity index (χ0) is 13.0. The lowest BCUT2D eigenvalue weighted by Crippen LogP contribution is -2.20. The highest BCUT2D eigenvalue weighted by Gasteiger charge is 2.09. The quantitative estimate of drug-likeness (QED) is 0.879. The second kappa shape index (κ2) is 5.58. The Balaban J connectivity index is 2.04. The average molecular weight is 245 g/mol. The summed E-state index contributed by atoms with van der Waals surface area (Å²) in [5, 5.41) is 3.47. The number of anilines is 2. The molecule has 2 heterocycles. The Labute approximate surface area is 108 Å². The SMILES string of the molecule is CC(Cc1ccco1)Nc1cnccc1N(C)C. The smallest absolute Gasteiger partial charge is 0.105 e. The van der Waals surface area contributed by atoms with Crippen molar-refractivity contribution >= 4 is 11.4 Å². The van der Waals surface area contributed by atoms with Crippen molar-refractivity contribution in [3.63, 3.8) is 0 Å². The summed E-state index contributed by atoms with van der Waals surface area (Å²) < 4.78 is 5.35. The molecule has 1 unspecified atom stereocenters. The summed E-state index contributed by atoms with van der Waals surface area (Å²) >= 11 is 0. The first-order chi connectivity index (χ1) is 8.66. The third-order valence-electron chi connectivity index (χ3n) is 2.77. The van der Waals surface area contributed by atoms with Gasteiger partial charge in [0.05, 0.1) is 23.8 Å². The number of hydrogen-bond donors (Lipinski definition) is 1. The summed E-state index contributed by atoms with van der Waals surface area (Å²) in [6.07, 6.45) is 6.22. The Kier molecular flexibility index (Phi) is 3.87. The highest BCUT2D eigenvalue weighted by atomic mass is 16.3. The molecule has 18 heavy (non-hydrogen) atoms. The maximum absolute atomic E-state index is 5.35. The third kappa shape index (κ3) is 3.03. The van der Waals surface area contributed by atoms with Gasteiger partial charge in [-0.2, -0.15) is 0 Å². The zero-order valence-corrected chi connectivity index (χ0v) is 11.1. The monoisotopic (exact) mass is 245 g/mol.